The average molecular weight is 241 g/mol. The number of rotatable bonds is 3. The summed E-state index contributed by atoms with van der Waals surface area (Å²) in [6.45, 7) is 1.52. The van der Waals surface area contributed by atoms with E-state index in [1.807, 2.05) is 12.3 Å². The Kier molecular flexibility index (Phi) is 2.94. The van der Waals surface area contributed by atoms with Crippen molar-refractivity contribution in [2.75, 3.05) is 6.54 Å². The first kappa shape index (κ1) is 11.2. The highest BCUT2D eigenvalue weighted by Gasteiger charge is 2.20. The molecule has 4 heteroatoms. The second-order valence-corrected chi connectivity index (χ2v) is 4.64. The maximum absolute atomic E-state index is 11.1. The van der Waals surface area contributed by atoms with Crippen LogP contribution in [0, 0.1) is 0 Å². The van der Waals surface area contributed by atoms with Crippen molar-refractivity contribution < 1.29 is 4.79 Å². The lowest BCUT2D eigenvalue weighted by Gasteiger charge is -2.10. The van der Waals surface area contributed by atoms with Gasteiger partial charge in [-0.2, -0.15) is 0 Å². The summed E-state index contributed by atoms with van der Waals surface area (Å²) in [4.78, 5) is 15.2. The lowest BCUT2D eigenvalue weighted by Crippen LogP contribution is -2.30. The Morgan fingerprint density at radius 3 is 3.11 bits per heavy atom. The van der Waals surface area contributed by atoms with Crippen LogP contribution >= 0.6 is 0 Å². The first-order chi connectivity index (χ1) is 8.81. The molecule has 1 unspecified atom stereocenters. The minimum Gasteiger partial charge on any atom is -0.354 e. The molecule has 1 fully saturated rings. The number of amides is 1. The van der Waals surface area contributed by atoms with Crippen molar-refractivity contribution in [1.82, 2.24) is 15.6 Å². The van der Waals surface area contributed by atoms with Gasteiger partial charge >= 0.3 is 0 Å². The Balaban J connectivity index is 1.69. The van der Waals surface area contributed by atoms with Crippen LogP contribution in [-0.4, -0.2) is 23.5 Å². The van der Waals surface area contributed by atoms with E-state index in [0.29, 0.717) is 6.42 Å². The van der Waals surface area contributed by atoms with Gasteiger partial charge in [0.2, 0.25) is 5.91 Å². The van der Waals surface area contributed by atoms with Gasteiger partial charge in [-0.15, -0.1) is 0 Å². The van der Waals surface area contributed by atoms with Gasteiger partial charge in [0, 0.05) is 43.3 Å². The number of carbonyl (C=O) groups is 1. The summed E-state index contributed by atoms with van der Waals surface area (Å²) in [5.74, 6) is 0.136. The van der Waals surface area contributed by atoms with Gasteiger partial charge in [0.05, 0.1) is 0 Å². The van der Waals surface area contributed by atoms with Gasteiger partial charge in [-0.25, -0.2) is 0 Å². The summed E-state index contributed by atoms with van der Waals surface area (Å²) in [5.41, 5.74) is 1.23. The van der Waals surface area contributed by atoms with E-state index in [9.17, 15) is 4.79 Å². The van der Waals surface area contributed by atoms with Gasteiger partial charge in [0.15, 0.2) is 0 Å². The van der Waals surface area contributed by atoms with E-state index in [4.69, 9.17) is 0 Å². The predicted molar refractivity (Wildman–Crippen MR) is 70.0 cm³/mol. The largest absolute Gasteiger partial charge is 0.354 e. The Morgan fingerprint density at radius 2 is 2.28 bits per heavy atom. The normalized spacial score (nSPS) is 19.1. The quantitative estimate of drug-likeness (QED) is 0.849. The Morgan fingerprint density at radius 1 is 1.33 bits per heavy atom. The highest BCUT2D eigenvalue weighted by atomic mass is 16.1. The molecule has 2 N–H and O–H groups in total. The van der Waals surface area contributed by atoms with Crippen LogP contribution in [0.4, 0.5) is 0 Å². The first-order valence-corrected chi connectivity index (χ1v) is 6.14. The second-order valence-electron chi connectivity index (χ2n) is 4.64. The molecule has 1 saturated heterocycles. The van der Waals surface area contributed by atoms with Crippen molar-refractivity contribution >= 4 is 16.7 Å². The Hall–Kier alpha value is -1.94. The molecule has 3 rings (SSSR count). The molecule has 1 aliphatic rings. The standard InChI is InChI=1S/C14H15N3O/c18-14-6-13(9-17-14)16-7-10-1-2-12-8-15-4-3-11(12)5-10/h1-5,8,13,16H,6-7,9H2,(H,17,18). The molecule has 0 bridgehead atoms. The summed E-state index contributed by atoms with van der Waals surface area (Å²) >= 11 is 0. The zero-order valence-electron chi connectivity index (χ0n) is 10.0. The Labute approximate surface area is 105 Å². The number of aromatic nitrogens is 1. The van der Waals surface area contributed by atoms with Crippen LogP contribution in [-0.2, 0) is 11.3 Å². The number of nitrogens with zero attached hydrogens (tertiary/aromatic N) is 1. The van der Waals surface area contributed by atoms with Crippen molar-refractivity contribution in [1.29, 1.82) is 0 Å². The van der Waals surface area contributed by atoms with Crippen LogP contribution in [0.2, 0.25) is 0 Å². The van der Waals surface area contributed by atoms with Crippen LogP contribution < -0.4 is 10.6 Å². The van der Waals surface area contributed by atoms with Crippen LogP contribution in [0.15, 0.2) is 36.7 Å². The molecule has 2 heterocycles. The van der Waals surface area contributed by atoms with Gasteiger partial charge < -0.3 is 10.6 Å². The van der Waals surface area contributed by atoms with Gasteiger partial charge in [-0.3, -0.25) is 9.78 Å². The number of hydrogen-bond donors (Lipinski definition) is 2. The third-order valence-corrected chi connectivity index (χ3v) is 3.28. The third kappa shape index (κ3) is 2.33. The predicted octanol–water partition coefficient (Wildman–Crippen LogP) is 1.21. The van der Waals surface area contributed by atoms with E-state index in [-0.39, 0.29) is 11.9 Å². The summed E-state index contributed by atoms with van der Waals surface area (Å²) in [6.07, 6.45) is 4.25. The molecular formula is C14H15N3O. The topological polar surface area (TPSA) is 54.0 Å². The monoisotopic (exact) mass is 241 g/mol. The average Bonchev–Trinajstić information content (AvgIpc) is 2.82. The molecule has 1 amide bonds. The van der Waals surface area contributed by atoms with E-state index in [1.165, 1.54) is 10.9 Å². The fourth-order valence-corrected chi connectivity index (χ4v) is 2.25. The summed E-state index contributed by atoms with van der Waals surface area (Å²) < 4.78 is 0. The van der Waals surface area contributed by atoms with Crippen LogP contribution in [0.1, 0.15) is 12.0 Å². The molecule has 92 valence electrons. The molecule has 18 heavy (non-hydrogen) atoms. The molecule has 1 aromatic heterocycles. The van der Waals surface area contributed by atoms with Crippen molar-refractivity contribution in [2.45, 2.75) is 19.0 Å². The lowest BCUT2D eigenvalue weighted by atomic mass is 10.1. The number of pyridine rings is 1. The molecule has 0 aliphatic carbocycles. The summed E-state index contributed by atoms with van der Waals surface area (Å²) in [5, 5.41) is 8.57. The van der Waals surface area contributed by atoms with Gasteiger partial charge in [0.1, 0.15) is 0 Å². The molecule has 0 spiro atoms. The van der Waals surface area contributed by atoms with E-state index < -0.39 is 0 Å². The zero-order chi connectivity index (χ0) is 12.4. The second kappa shape index (κ2) is 4.74. The maximum Gasteiger partial charge on any atom is 0.221 e. The number of hydrogen-bond acceptors (Lipinski definition) is 3. The van der Waals surface area contributed by atoms with Crippen molar-refractivity contribution in [2.24, 2.45) is 0 Å². The van der Waals surface area contributed by atoms with Gasteiger partial charge in [-0.1, -0.05) is 12.1 Å². The molecule has 1 aromatic carbocycles. The fourth-order valence-electron chi connectivity index (χ4n) is 2.25. The fraction of sp³-hybridized carbons (Fsp3) is 0.286. The van der Waals surface area contributed by atoms with Crippen molar-refractivity contribution in [3.63, 3.8) is 0 Å². The van der Waals surface area contributed by atoms with Gasteiger partial charge in [0.25, 0.3) is 0 Å². The summed E-state index contributed by atoms with van der Waals surface area (Å²) in [7, 11) is 0. The van der Waals surface area contributed by atoms with Crippen molar-refractivity contribution in [3.05, 3.63) is 42.2 Å². The zero-order valence-corrected chi connectivity index (χ0v) is 10.0. The third-order valence-electron chi connectivity index (χ3n) is 3.28. The Bertz CT molecular complexity index is 582. The smallest absolute Gasteiger partial charge is 0.221 e. The molecule has 1 aliphatic heterocycles. The highest BCUT2D eigenvalue weighted by Crippen LogP contribution is 2.14. The molecule has 2 aromatic rings. The number of benzene rings is 1. The van der Waals surface area contributed by atoms with Crippen LogP contribution in [0.25, 0.3) is 10.8 Å². The number of nitrogens with one attached hydrogen (secondary N) is 2. The molecular weight excluding hydrogens is 226 g/mol. The molecule has 0 saturated carbocycles. The lowest BCUT2D eigenvalue weighted by molar-refractivity contribution is -0.119. The highest BCUT2D eigenvalue weighted by molar-refractivity contribution is 5.82. The van der Waals surface area contributed by atoms with E-state index >= 15 is 0 Å². The van der Waals surface area contributed by atoms with E-state index in [0.717, 1.165) is 18.5 Å². The minimum atomic E-state index is 0.136. The molecule has 0 radical (unpaired) electrons. The first-order valence-electron chi connectivity index (χ1n) is 6.14. The molecule has 1 atom stereocenters. The van der Waals surface area contributed by atoms with E-state index in [2.05, 4.69) is 33.8 Å². The number of fused-ring (bicyclic) bond motifs is 1. The summed E-state index contributed by atoms with van der Waals surface area (Å²) in [6, 6.07) is 8.61. The SMILES string of the molecule is O=C1CC(NCc2ccc3cnccc3c2)CN1. The number of carbonyl (C=O) groups excluding carboxylic acids is 1. The molecule has 4 nitrogen and oxygen atoms in total. The maximum atomic E-state index is 11.1. The van der Waals surface area contributed by atoms with Gasteiger partial charge in [-0.05, 0) is 23.1 Å². The van der Waals surface area contributed by atoms with E-state index in [1.54, 1.807) is 6.20 Å². The minimum absolute atomic E-state index is 0.136. The van der Waals surface area contributed by atoms with Crippen LogP contribution in [0.3, 0.4) is 0 Å². The van der Waals surface area contributed by atoms with Crippen LogP contribution in [0.5, 0.6) is 0 Å². The van der Waals surface area contributed by atoms with Crippen molar-refractivity contribution in [3.8, 4) is 0 Å².